The van der Waals surface area contributed by atoms with Crippen LogP contribution in [0, 0.1) is 0 Å². The lowest BCUT2D eigenvalue weighted by Crippen LogP contribution is -2.39. The second kappa shape index (κ2) is 7.28. The van der Waals surface area contributed by atoms with E-state index in [9.17, 15) is 9.36 Å². The highest BCUT2D eigenvalue weighted by Crippen LogP contribution is 2.43. The van der Waals surface area contributed by atoms with Gasteiger partial charge in [0.2, 0.25) is 0 Å². The molecule has 2 aromatic heterocycles. The topological polar surface area (TPSA) is 88.8 Å². The van der Waals surface area contributed by atoms with E-state index < -0.39 is 7.14 Å². The summed E-state index contributed by atoms with van der Waals surface area (Å²) in [5.74, 6) is 1.19. The summed E-state index contributed by atoms with van der Waals surface area (Å²) < 4.78 is 19.1. The van der Waals surface area contributed by atoms with Crippen LogP contribution in [0.2, 0.25) is 0 Å². The third-order valence-corrected chi connectivity index (χ3v) is 7.28. The molecule has 0 bridgehead atoms. The quantitative estimate of drug-likeness (QED) is 0.679. The van der Waals surface area contributed by atoms with Crippen molar-refractivity contribution in [3.05, 3.63) is 48.4 Å². The van der Waals surface area contributed by atoms with Gasteiger partial charge in [-0.3, -0.25) is 4.79 Å². The average molecular weight is 399 g/mol. The summed E-state index contributed by atoms with van der Waals surface area (Å²) in [6, 6.07) is 9.34. The van der Waals surface area contributed by atoms with E-state index in [1.54, 1.807) is 35.1 Å². The van der Waals surface area contributed by atoms with Gasteiger partial charge in [0, 0.05) is 31.5 Å². The van der Waals surface area contributed by atoms with Crippen molar-refractivity contribution in [3.63, 3.8) is 0 Å². The molecule has 3 heterocycles. The van der Waals surface area contributed by atoms with Crippen molar-refractivity contribution in [2.45, 2.75) is 0 Å². The first kappa shape index (κ1) is 18.5. The van der Waals surface area contributed by atoms with Gasteiger partial charge in [0.1, 0.15) is 17.9 Å². The van der Waals surface area contributed by atoms with Gasteiger partial charge in [-0.25, -0.2) is 9.50 Å². The van der Waals surface area contributed by atoms with Crippen molar-refractivity contribution in [1.82, 2.24) is 19.5 Å². The zero-order valence-corrected chi connectivity index (χ0v) is 16.7. The Bertz CT molecular complexity index is 1070. The van der Waals surface area contributed by atoms with Crippen molar-refractivity contribution in [1.29, 1.82) is 0 Å². The zero-order chi connectivity index (χ0) is 19.7. The Morgan fingerprint density at radius 1 is 1.25 bits per heavy atom. The molecule has 0 aliphatic carbocycles. The third-order valence-electron chi connectivity index (χ3n) is 4.99. The first-order valence-corrected chi connectivity index (χ1v) is 11.6. The lowest BCUT2D eigenvalue weighted by molar-refractivity contribution is 0.0771. The van der Waals surface area contributed by atoms with Crippen LogP contribution in [-0.2, 0) is 4.57 Å². The number of methoxy groups -OCH3 is 1. The number of hydrogen-bond acceptors (Lipinski definition) is 6. The summed E-state index contributed by atoms with van der Waals surface area (Å²) in [4.78, 5) is 19.1. The summed E-state index contributed by atoms with van der Waals surface area (Å²) in [7, 11) is -0.480. The summed E-state index contributed by atoms with van der Waals surface area (Å²) in [6.07, 6.45) is 4.27. The van der Waals surface area contributed by atoms with Gasteiger partial charge in [-0.1, -0.05) is 12.1 Å². The molecular weight excluding hydrogens is 377 g/mol. The fourth-order valence-corrected chi connectivity index (χ4v) is 4.82. The zero-order valence-electron chi connectivity index (χ0n) is 15.8. The van der Waals surface area contributed by atoms with Crippen molar-refractivity contribution in [3.8, 4) is 5.75 Å². The molecule has 1 amide bonds. The van der Waals surface area contributed by atoms with Crippen LogP contribution in [0.25, 0.3) is 5.52 Å². The smallest absolute Gasteiger partial charge is 0.257 e. The highest BCUT2D eigenvalue weighted by molar-refractivity contribution is 7.63. The highest BCUT2D eigenvalue weighted by atomic mass is 31.2. The Labute approximate surface area is 162 Å². The van der Waals surface area contributed by atoms with E-state index >= 15 is 0 Å². The van der Waals surface area contributed by atoms with Gasteiger partial charge in [0.05, 0.1) is 37.2 Å². The molecule has 8 nitrogen and oxygen atoms in total. The maximum Gasteiger partial charge on any atom is 0.257 e. The van der Waals surface area contributed by atoms with Crippen molar-refractivity contribution in [2.75, 3.05) is 44.5 Å². The van der Waals surface area contributed by atoms with E-state index in [-0.39, 0.29) is 5.91 Å². The predicted octanol–water partition coefficient (Wildman–Crippen LogP) is 2.93. The molecule has 1 fully saturated rings. The number of hydrogen-bond donors (Lipinski definition) is 1. The number of ether oxygens (including phenoxy) is 1. The first-order valence-electron chi connectivity index (χ1n) is 9.05. The normalized spacial score (nSPS) is 16.1. The lowest BCUT2D eigenvalue weighted by atomic mass is 10.2. The van der Waals surface area contributed by atoms with Crippen molar-refractivity contribution in [2.24, 2.45) is 0 Å². The van der Waals surface area contributed by atoms with E-state index in [0.717, 1.165) is 5.69 Å². The minimum atomic E-state index is -2.09. The Hall–Kier alpha value is -2.86. The van der Waals surface area contributed by atoms with Gasteiger partial charge in [-0.2, -0.15) is 5.10 Å². The van der Waals surface area contributed by atoms with Gasteiger partial charge in [-0.15, -0.1) is 0 Å². The molecule has 0 atom stereocenters. The average Bonchev–Trinajstić information content (AvgIpc) is 3.11. The van der Waals surface area contributed by atoms with Crippen LogP contribution in [0.5, 0.6) is 5.75 Å². The Kier molecular flexibility index (Phi) is 4.81. The second-order valence-corrected chi connectivity index (χ2v) is 10.5. The minimum absolute atomic E-state index is 0.0934. The van der Waals surface area contributed by atoms with E-state index in [1.165, 1.54) is 0 Å². The van der Waals surface area contributed by atoms with Gasteiger partial charge in [-0.05, 0) is 18.8 Å². The number of amides is 1. The van der Waals surface area contributed by atoms with Gasteiger partial charge >= 0.3 is 0 Å². The van der Waals surface area contributed by atoms with Gasteiger partial charge in [0.25, 0.3) is 5.91 Å². The number of para-hydroxylation sites is 2. The van der Waals surface area contributed by atoms with Crippen LogP contribution >= 0.6 is 7.14 Å². The molecule has 0 radical (unpaired) electrons. The highest BCUT2D eigenvalue weighted by Gasteiger charge is 2.28. The largest absolute Gasteiger partial charge is 0.495 e. The number of anilines is 2. The molecule has 3 aromatic rings. The van der Waals surface area contributed by atoms with E-state index in [2.05, 4.69) is 15.4 Å². The Morgan fingerprint density at radius 2 is 2.00 bits per heavy atom. The summed E-state index contributed by atoms with van der Waals surface area (Å²) >= 11 is 0. The molecule has 28 heavy (non-hydrogen) atoms. The maximum atomic E-state index is 13.0. The fourth-order valence-electron chi connectivity index (χ4n) is 3.27. The van der Waals surface area contributed by atoms with Crippen LogP contribution in [0.15, 0.2) is 42.9 Å². The van der Waals surface area contributed by atoms with Crippen LogP contribution in [-0.4, -0.2) is 64.6 Å². The summed E-state index contributed by atoms with van der Waals surface area (Å²) in [5, 5.41) is 7.47. The standard InChI is InChI=1S/C19H22N5O3P/c1-27-17-6-4-3-5-15(17)22-18-11-16-14(12-21-24(16)13-20-18)19(25)23-7-9-28(2,26)10-8-23/h3-6,11-13,22H,7-10H2,1-2H3. The SMILES string of the molecule is COc1ccccc1Nc1cc2c(C(=O)N3CCP(C)(=O)CC3)cnn2cn1. The fraction of sp³-hybridized carbons (Fsp3) is 0.316. The number of benzene rings is 1. The number of carbonyl (C=O) groups is 1. The van der Waals surface area contributed by atoms with Crippen molar-refractivity contribution >= 4 is 30.1 Å². The maximum absolute atomic E-state index is 13.0. The third kappa shape index (κ3) is 3.60. The Morgan fingerprint density at radius 3 is 2.75 bits per heavy atom. The van der Waals surface area contributed by atoms with E-state index in [0.29, 0.717) is 48.1 Å². The number of aromatic nitrogens is 3. The molecule has 1 aliphatic heterocycles. The molecule has 1 aromatic carbocycles. The second-order valence-electron chi connectivity index (χ2n) is 7.02. The van der Waals surface area contributed by atoms with Crippen LogP contribution < -0.4 is 10.1 Å². The molecule has 0 unspecified atom stereocenters. The molecule has 9 heteroatoms. The monoisotopic (exact) mass is 399 g/mol. The molecule has 0 spiro atoms. The lowest BCUT2D eigenvalue weighted by Gasteiger charge is -2.30. The number of nitrogens with one attached hydrogen (secondary N) is 1. The number of nitrogens with zero attached hydrogens (tertiary/aromatic N) is 4. The minimum Gasteiger partial charge on any atom is -0.495 e. The molecule has 1 aliphatic rings. The molecule has 0 saturated carbocycles. The molecular formula is C19H22N5O3P. The summed E-state index contributed by atoms with van der Waals surface area (Å²) in [5.41, 5.74) is 1.96. The van der Waals surface area contributed by atoms with Crippen LogP contribution in [0.4, 0.5) is 11.5 Å². The number of carbonyl (C=O) groups excluding carboxylic acids is 1. The van der Waals surface area contributed by atoms with E-state index in [1.807, 2.05) is 30.9 Å². The van der Waals surface area contributed by atoms with Gasteiger partial charge in [0.15, 0.2) is 0 Å². The Balaban J connectivity index is 1.61. The van der Waals surface area contributed by atoms with Crippen LogP contribution in [0.1, 0.15) is 10.4 Å². The van der Waals surface area contributed by atoms with Crippen molar-refractivity contribution < 1.29 is 14.1 Å². The molecule has 1 saturated heterocycles. The molecule has 1 N–H and O–H groups in total. The van der Waals surface area contributed by atoms with Crippen LogP contribution in [0.3, 0.4) is 0 Å². The molecule has 4 rings (SSSR count). The van der Waals surface area contributed by atoms with E-state index in [4.69, 9.17) is 4.74 Å². The van der Waals surface area contributed by atoms with Gasteiger partial charge < -0.3 is 19.5 Å². The summed E-state index contributed by atoms with van der Waals surface area (Å²) in [6.45, 7) is 2.84. The first-order chi connectivity index (χ1) is 13.5. The number of fused-ring (bicyclic) bond motifs is 1. The predicted molar refractivity (Wildman–Crippen MR) is 108 cm³/mol. The molecule has 146 valence electrons. The number of rotatable bonds is 4.